The van der Waals surface area contributed by atoms with Gasteiger partial charge in [-0.05, 0) is 35.8 Å². The summed E-state index contributed by atoms with van der Waals surface area (Å²) >= 11 is 3.49. The first-order valence-corrected chi connectivity index (χ1v) is 7.06. The van der Waals surface area contributed by atoms with Crippen molar-refractivity contribution < 1.29 is 4.39 Å². The molecule has 0 spiro atoms. The number of benzene rings is 1. The molecule has 1 aromatic carbocycles. The summed E-state index contributed by atoms with van der Waals surface area (Å²) in [5.74, 6) is -0.422. The minimum atomic E-state index is -0.422. The lowest BCUT2D eigenvalue weighted by Gasteiger charge is -2.02. The van der Waals surface area contributed by atoms with Crippen molar-refractivity contribution in [2.24, 2.45) is 4.99 Å². The monoisotopic (exact) mass is 311 g/mol. The van der Waals surface area contributed by atoms with Crippen molar-refractivity contribution >= 4 is 34.2 Å². The summed E-state index contributed by atoms with van der Waals surface area (Å²) in [7, 11) is 0. The van der Waals surface area contributed by atoms with Crippen LogP contribution in [0.15, 0.2) is 21.6 Å². The quantitative estimate of drug-likeness (QED) is 0.752. The van der Waals surface area contributed by atoms with E-state index in [2.05, 4.69) is 46.9 Å². The average Bonchev–Trinajstić information content (AvgIpc) is 2.34. The van der Waals surface area contributed by atoms with Crippen LogP contribution >= 0.6 is 15.9 Å². The fourth-order valence-corrected chi connectivity index (χ4v) is 2.32. The Labute approximate surface area is 116 Å². The van der Waals surface area contributed by atoms with E-state index < -0.39 is 5.97 Å². The molecule has 98 valence electrons. The third-order valence-electron chi connectivity index (χ3n) is 2.66. The second kappa shape index (κ2) is 7.47. The zero-order valence-corrected chi connectivity index (χ0v) is 12.7. The van der Waals surface area contributed by atoms with Crippen molar-refractivity contribution in [2.45, 2.75) is 40.0 Å². The topological polar surface area (TPSA) is 12.4 Å². The number of rotatable bonds is 4. The van der Waals surface area contributed by atoms with Crippen LogP contribution in [-0.2, 0) is 6.42 Å². The van der Waals surface area contributed by atoms with E-state index in [1.807, 2.05) is 6.07 Å². The molecule has 0 radical (unpaired) electrons. The van der Waals surface area contributed by atoms with Gasteiger partial charge in [-0.15, -0.1) is 0 Å². The summed E-state index contributed by atoms with van der Waals surface area (Å²) in [4.78, 5) is 3.76. The summed E-state index contributed by atoms with van der Waals surface area (Å²) in [5, 5.41) is 2.14. The average molecular weight is 312 g/mol. The highest BCUT2D eigenvalue weighted by atomic mass is 79.9. The lowest BCUT2D eigenvalue weighted by Crippen LogP contribution is -2.28. The first-order valence-electron chi connectivity index (χ1n) is 6.27. The molecule has 0 aliphatic rings. The van der Waals surface area contributed by atoms with Gasteiger partial charge in [0.05, 0.1) is 0 Å². The Hall–Kier alpha value is -0.960. The number of hydrogen-bond donors (Lipinski definition) is 0. The van der Waals surface area contributed by atoms with Crippen LogP contribution < -0.4 is 10.4 Å². The fourth-order valence-electron chi connectivity index (χ4n) is 1.79. The maximum Gasteiger partial charge on any atom is 0.185 e. The molecule has 0 unspecified atom stereocenters. The molecule has 0 heterocycles. The zero-order chi connectivity index (χ0) is 13.5. The van der Waals surface area contributed by atoms with Crippen molar-refractivity contribution in [3.63, 3.8) is 0 Å². The lowest BCUT2D eigenvalue weighted by atomic mass is 10.1. The molecule has 0 bridgehead atoms. The van der Waals surface area contributed by atoms with Crippen LogP contribution in [0.5, 0.6) is 0 Å². The van der Waals surface area contributed by atoms with Crippen molar-refractivity contribution in [1.82, 2.24) is 0 Å². The Bertz CT molecular complexity index is 542. The third-order valence-corrected chi connectivity index (χ3v) is 3.12. The Morgan fingerprint density at radius 2 is 2.11 bits per heavy atom. The molecular formula is C15H19BrFN. The highest BCUT2D eigenvalue weighted by molar-refractivity contribution is 9.10. The second-order valence-electron chi connectivity index (χ2n) is 4.17. The molecule has 1 nitrogen and oxygen atoms in total. The first-order chi connectivity index (χ1) is 8.58. The number of halogens is 2. The van der Waals surface area contributed by atoms with Crippen molar-refractivity contribution in [1.29, 1.82) is 0 Å². The summed E-state index contributed by atoms with van der Waals surface area (Å²) < 4.78 is 13.8. The van der Waals surface area contributed by atoms with E-state index in [0.29, 0.717) is 0 Å². The zero-order valence-electron chi connectivity index (χ0n) is 11.1. The molecule has 0 fully saturated rings. The number of aliphatic imine (C=N–C) groups is 1. The van der Waals surface area contributed by atoms with Gasteiger partial charge in [-0.3, -0.25) is 0 Å². The summed E-state index contributed by atoms with van der Waals surface area (Å²) in [6, 6.07) is 4.10. The van der Waals surface area contributed by atoms with E-state index in [-0.39, 0.29) is 0 Å². The normalized spacial score (nSPS) is 14.4. The number of unbranched alkanes of at least 4 members (excludes halogenated alkanes) is 1. The number of hydrogen-bond acceptors (Lipinski definition) is 1. The molecule has 0 aliphatic carbocycles. The van der Waals surface area contributed by atoms with Crippen LogP contribution in [0.1, 0.15) is 39.2 Å². The van der Waals surface area contributed by atoms with E-state index in [4.69, 9.17) is 0 Å². The van der Waals surface area contributed by atoms with Gasteiger partial charge >= 0.3 is 0 Å². The molecule has 3 heteroatoms. The third kappa shape index (κ3) is 4.37. The fraction of sp³-hybridized carbons (Fsp3) is 0.400. The smallest absolute Gasteiger partial charge is 0.185 e. The van der Waals surface area contributed by atoms with Gasteiger partial charge in [-0.1, -0.05) is 42.3 Å². The minimum Gasteiger partial charge on any atom is -0.232 e. The molecule has 1 rings (SSSR count). The van der Waals surface area contributed by atoms with Crippen molar-refractivity contribution in [2.75, 3.05) is 0 Å². The molecule has 0 amide bonds. The van der Waals surface area contributed by atoms with Gasteiger partial charge in [-0.2, -0.15) is 4.39 Å². The first kappa shape index (κ1) is 15.1. The standard InChI is InChI=1S/C15H19BrFN/c1-4-6-7-15-12(5-2)8-14(16)9-13(15)10-18-11(3)17/h7-10H,4-6H2,1-3H3/b13-10-,15-7+,18-11?. The summed E-state index contributed by atoms with van der Waals surface area (Å²) in [6.07, 6.45) is 6.88. The van der Waals surface area contributed by atoms with Crippen LogP contribution in [0.4, 0.5) is 4.39 Å². The van der Waals surface area contributed by atoms with E-state index in [0.717, 1.165) is 29.0 Å². The van der Waals surface area contributed by atoms with Crippen LogP contribution in [-0.4, -0.2) is 5.97 Å². The lowest BCUT2D eigenvalue weighted by molar-refractivity contribution is 0.800. The molecule has 0 atom stereocenters. The van der Waals surface area contributed by atoms with Crippen molar-refractivity contribution in [3.8, 4) is 0 Å². The van der Waals surface area contributed by atoms with Crippen LogP contribution in [0.3, 0.4) is 0 Å². The highest BCUT2D eigenvalue weighted by Crippen LogP contribution is 2.07. The maximum absolute atomic E-state index is 12.8. The SMILES string of the molecule is CCC/C=c1\c(CC)cc(Br)c\c1=C\N=C(C)F. The van der Waals surface area contributed by atoms with Crippen LogP contribution in [0, 0.1) is 0 Å². The number of aryl methyl sites for hydroxylation is 1. The Kier molecular flexibility index (Phi) is 6.27. The van der Waals surface area contributed by atoms with Crippen LogP contribution in [0.2, 0.25) is 0 Å². The molecule has 0 saturated heterocycles. The van der Waals surface area contributed by atoms with Gasteiger partial charge < -0.3 is 0 Å². The van der Waals surface area contributed by atoms with Gasteiger partial charge in [0, 0.05) is 22.8 Å². The molecule has 1 aromatic rings. The Morgan fingerprint density at radius 3 is 2.67 bits per heavy atom. The molecule has 0 saturated carbocycles. The highest BCUT2D eigenvalue weighted by Gasteiger charge is 1.98. The number of nitrogens with zero attached hydrogens (tertiary/aromatic N) is 1. The molecule has 18 heavy (non-hydrogen) atoms. The predicted octanol–water partition coefficient (Wildman–Crippen LogP) is 3.72. The van der Waals surface area contributed by atoms with Gasteiger partial charge in [-0.25, -0.2) is 4.99 Å². The molecule has 0 aliphatic heterocycles. The van der Waals surface area contributed by atoms with E-state index in [9.17, 15) is 4.39 Å². The van der Waals surface area contributed by atoms with Gasteiger partial charge in [0.15, 0.2) is 5.97 Å². The predicted molar refractivity (Wildman–Crippen MR) is 80.8 cm³/mol. The molecular weight excluding hydrogens is 293 g/mol. The van der Waals surface area contributed by atoms with Crippen molar-refractivity contribution in [3.05, 3.63) is 32.6 Å². The summed E-state index contributed by atoms with van der Waals surface area (Å²) in [6.45, 7) is 5.62. The maximum atomic E-state index is 12.8. The molecule has 0 N–H and O–H groups in total. The summed E-state index contributed by atoms with van der Waals surface area (Å²) in [5.41, 5.74) is 1.26. The Morgan fingerprint density at radius 1 is 1.39 bits per heavy atom. The largest absolute Gasteiger partial charge is 0.232 e. The second-order valence-corrected chi connectivity index (χ2v) is 5.09. The molecule has 0 aromatic heterocycles. The van der Waals surface area contributed by atoms with Gasteiger partial charge in [0.1, 0.15) is 0 Å². The van der Waals surface area contributed by atoms with E-state index in [1.54, 1.807) is 6.20 Å². The van der Waals surface area contributed by atoms with Gasteiger partial charge in [0.25, 0.3) is 0 Å². The minimum absolute atomic E-state index is 0.422. The van der Waals surface area contributed by atoms with Crippen LogP contribution in [0.25, 0.3) is 12.3 Å². The Balaban J connectivity index is 3.52. The van der Waals surface area contributed by atoms with E-state index >= 15 is 0 Å². The van der Waals surface area contributed by atoms with E-state index in [1.165, 1.54) is 17.7 Å². The van der Waals surface area contributed by atoms with Gasteiger partial charge in [0.2, 0.25) is 0 Å².